The Morgan fingerprint density at radius 2 is 2.50 bits per heavy atom. The molecule has 1 rings (SSSR count). The summed E-state index contributed by atoms with van der Waals surface area (Å²) < 4.78 is 4.87. The van der Waals surface area contributed by atoms with E-state index in [9.17, 15) is 4.79 Å². The van der Waals surface area contributed by atoms with Crippen LogP contribution in [-0.2, 0) is 6.42 Å². The van der Waals surface area contributed by atoms with Crippen LogP contribution in [0.5, 0.6) is 0 Å². The standard InChI is InChI=1S/C7H11N3O2/c1-3-5-4-6(10-12-5)9-7(11)8-2/h4H,3H2,1-2H3,(H2,8,9,10,11). The first-order valence-electron chi connectivity index (χ1n) is 3.70. The Labute approximate surface area is 70.1 Å². The number of anilines is 1. The fourth-order valence-electron chi connectivity index (χ4n) is 0.717. The molecule has 12 heavy (non-hydrogen) atoms. The molecule has 0 fully saturated rings. The van der Waals surface area contributed by atoms with Crippen molar-refractivity contribution in [1.82, 2.24) is 10.5 Å². The van der Waals surface area contributed by atoms with Crippen molar-refractivity contribution in [2.75, 3.05) is 12.4 Å². The quantitative estimate of drug-likeness (QED) is 0.693. The molecule has 0 atom stereocenters. The Morgan fingerprint density at radius 1 is 1.75 bits per heavy atom. The summed E-state index contributed by atoms with van der Waals surface area (Å²) in [5.41, 5.74) is 0. The van der Waals surface area contributed by atoms with Gasteiger partial charge in [0.05, 0.1) is 0 Å². The highest BCUT2D eigenvalue weighted by Crippen LogP contribution is 2.08. The van der Waals surface area contributed by atoms with Crippen LogP contribution in [0.3, 0.4) is 0 Å². The van der Waals surface area contributed by atoms with Crippen LogP contribution < -0.4 is 10.6 Å². The first kappa shape index (κ1) is 8.58. The summed E-state index contributed by atoms with van der Waals surface area (Å²) in [6.07, 6.45) is 0.766. The molecule has 0 aliphatic rings. The molecule has 5 nitrogen and oxygen atoms in total. The summed E-state index contributed by atoms with van der Waals surface area (Å²) >= 11 is 0. The number of nitrogens with zero attached hydrogens (tertiary/aromatic N) is 1. The molecule has 66 valence electrons. The highest BCUT2D eigenvalue weighted by molar-refractivity contribution is 5.87. The van der Waals surface area contributed by atoms with Gasteiger partial charge in [0.1, 0.15) is 5.76 Å². The van der Waals surface area contributed by atoms with Gasteiger partial charge in [0, 0.05) is 19.5 Å². The summed E-state index contributed by atoms with van der Waals surface area (Å²) in [4.78, 5) is 10.8. The van der Waals surface area contributed by atoms with E-state index in [0.29, 0.717) is 5.82 Å². The van der Waals surface area contributed by atoms with Crippen LogP contribution >= 0.6 is 0 Å². The monoisotopic (exact) mass is 169 g/mol. The van der Waals surface area contributed by atoms with Gasteiger partial charge < -0.3 is 9.84 Å². The molecule has 2 N–H and O–H groups in total. The molecule has 0 saturated heterocycles. The molecule has 2 amide bonds. The lowest BCUT2D eigenvalue weighted by atomic mass is 10.4. The minimum absolute atomic E-state index is 0.300. The van der Waals surface area contributed by atoms with Crippen LogP contribution in [-0.4, -0.2) is 18.2 Å². The third-order valence-electron chi connectivity index (χ3n) is 1.38. The SMILES string of the molecule is CCc1cc(NC(=O)NC)no1. The fourth-order valence-corrected chi connectivity index (χ4v) is 0.717. The average molecular weight is 169 g/mol. The van der Waals surface area contributed by atoms with Crippen LogP contribution in [0.2, 0.25) is 0 Å². The molecule has 0 unspecified atom stereocenters. The molecule has 1 aromatic rings. The average Bonchev–Trinajstić information content (AvgIpc) is 2.52. The molecule has 0 aliphatic heterocycles. The normalized spacial score (nSPS) is 9.50. The van der Waals surface area contributed by atoms with Gasteiger partial charge in [-0.15, -0.1) is 0 Å². The Kier molecular flexibility index (Phi) is 2.68. The van der Waals surface area contributed by atoms with Crippen molar-refractivity contribution in [2.24, 2.45) is 0 Å². The topological polar surface area (TPSA) is 67.2 Å². The van der Waals surface area contributed by atoms with Crippen molar-refractivity contribution in [3.05, 3.63) is 11.8 Å². The maximum atomic E-state index is 10.8. The minimum atomic E-state index is -0.300. The Bertz CT molecular complexity index is 269. The van der Waals surface area contributed by atoms with Crippen LogP contribution in [0.15, 0.2) is 10.6 Å². The van der Waals surface area contributed by atoms with Gasteiger partial charge in [0.15, 0.2) is 5.82 Å². The predicted molar refractivity (Wildman–Crippen MR) is 44.0 cm³/mol. The summed E-state index contributed by atoms with van der Waals surface area (Å²) in [5, 5.41) is 8.53. The lowest BCUT2D eigenvalue weighted by Gasteiger charge is -1.96. The van der Waals surface area contributed by atoms with Crippen molar-refractivity contribution in [3.63, 3.8) is 0 Å². The van der Waals surface area contributed by atoms with Gasteiger partial charge in [0.25, 0.3) is 0 Å². The maximum absolute atomic E-state index is 10.8. The van der Waals surface area contributed by atoms with Crippen LogP contribution in [0.25, 0.3) is 0 Å². The number of hydrogen-bond donors (Lipinski definition) is 2. The predicted octanol–water partition coefficient (Wildman–Crippen LogP) is 0.988. The van der Waals surface area contributed by atoms with E-state index in [1.54, 1.807) is 6.07 Å². The van der Waals surface area contributed by atoms with Crippen molar-refractivity contribution in [1.29, 1.82) is 0 Å². The Morgan fingerprint density at radius 3 is 3.00 bits per heavy atom. The van der Waals surface area contributed by atoms with E-state index in [2.05, 4.69) is 15.8 Å². The molecule has 0 aliphatic carbocycles. The number of urea groups is 1. The second-order valence-corrected chi connectivity index (χ2v) is 2.24. The van der Waals surface area contributed by atoms with Crippen LogP contribution in [0, 0.1) is 0 Å². The van der Waals surface area contributed by atoms with E-state index < -0.39 is 0 Å². The smallest absolute Gasteiger partial charge is 0.320 e. The number of carbonyl (C=O) groups is 1. The lowest BCUT2D eigenvalue weighted by molar-refractivity contribution is 0.253. The van der Waals surface area contributed by atoms with Crippen molar-refractivity contribution in [3.8, 4) is 0 Å². The highest BCUT2D eigenvalue weighted by atomic mass is 16.5. The second-order valence-electron chi connectivity index (χ2n) is 2.24. The van der Waals surface area contributed by atoms with E-state index in [0.717, 1.165) is 12.2 Å². The zero-order valence-corrected chi connectivity index (χ0v) is 7.05. The van der Waals surface area contributed by atoms with Gasteiger partial charge >= 0.3 is 6.03 Å². The Hall–Kier alpha value is -1.52. The first-order valence-corrected chi connectivity index (χ1v) is 3.70. The molecular weight excluding hydrogens is 158 g/mol. The molecule has 5 heteroatoms. The van der Waals surface area contributed by atoms with Gasteiger partial charge in [-0.1, -0.05) is 12.1 Å². The third kappa shape index (κ3) is 1.98. The van der Waals surface area contributed by atoms with E-state index in [-0.39, 0.29) is 6.03 Å². The van der Waals surface area contributed by atoms with Gasteiger partial charge in [-0.3, -0.25) is 5.32 Å². The zero-order valence-electron chi connectivity index (χ0n) is 7.05. The van der Waals surface area contributed by atoms with Gasteiger partial charge in [0.2, 0.25) is 0 Å². The van der Waals surface area contributed by atoms with Crippen LogP contribution in [0.1, 0.15) is 12.7 Å². The van der Waals surface area contributed by atoms with Crippen molar-refractivity contribution in [2.45, 2.75) is 13.3 Å². The van der Waals surface area contributed by atoms with Crippen molar-refractivity contribution < 1.29 is 9.32 Å². The number of rotatable bonds is 2. The van der Waals surface area contributed by atoms with Gasteiger partial charge in [-0.25, -0.2) is 4.79 Å². The summed E-state index contributed by atoms with van der Waals surface area (Å²) in [6.45, 7) is 1.95. The molecule has 0 aromatic carbocycles. The molecule has 0 radical (unpaired) electrons. The number of hydrogen-bond acceptors (Lipinski definition) is 3. The minimum Gasteiger partial charge on any atom is -0.359 e. The number of aryl methyl sites for hydroxylation is 1. The molecule has 1 heterocycles. The van der Waals surface area contributed by atoms with Gasteiger partial charge in [-0.05, 0) is 0 Å². The fraction of sp³-hybridized carbons (Fsp3) is 0.429. The number of aromatic nitrogens is 1. The molecular formula is C7H11N3O2. The lowest BCUT2D eigenvalue weighted by Crippen LogP contribution is -2.24. The van der Waals surface area contributed by atoms with E-state index >= 15 is 0 Å². The Balaban J connectivity index is 2.58. The number of carbonyl (C=O) groups excluding carboxylic acids is 1. The summed E-state index contributed by atoms with van der Waals surface area (Å²) in [7, 11) is 1.54. The van der Waals surface area contributed by atoms with E-state index in [1.165, 1.54) is 7.05 Å². The summed E-state index contributed by atoms with van der Waals surface area (Å²) in [6, 6.07) is 1.39. The summed E-state index contributed by atoms with van der Waals surface area (Å²) in [5.74, 6) is 1.19. The second kappa shape index (κ2) is 3.75. The van der Waals surface area contributed by atoms with E-state index in [4.69, 9.17) is 4.52 Å². The maximum Gasteiger partial charge on any atom is 0.320 e. The number of amides is 2. The molecule has 0 saturated carbocycles. The van der Waals surface area contributed by atoms with E-state index in [1.807, 2.05) is 6.92 Å². The largest absolute Gasteiger partial charge is 0.359 e. The van der Waals surface area contributed by atoms with Crippen molar-refractivity contribution >= 4 is 11.8 Å². The third-order valence-corrected chi connectivity index (χ3v) is 1.38. The first-order chi connectivity index (χ1) is 5.76. The zero-order chi connectivity index (χ0) is 8.97. The molecule has 1 aromatic heterocycles. The van der Waals surface area contributed by atoms with Crippen LogP contribution in [0.4, 0.5) is 10.6 Å². The molecule has 0 spiro atoms. The molecule has 0 bridgehead atoms. The highest BCUT2D eigenvalue weighted by Gasteiger charge is 2.03. The van der Waals surface area contributed by atoms with Gasteiger partial charge in [-0.2, -0.15) is 0 Å². The number of nitrogens with one attached hydrogen (secondary N) is 2.